The van der Waals surface area contributed by atoms with Crippen LogP contribution in [0.15, 0.2) is 48.5 Å². The standard InChI is InChI=1S/C20H20O4/c1-2-23-20(22)18-10-8-15-12-16(9-11-17(15)19(18)21)24-13-14-6-4-3-5-7-14/h3-7,9,11-12,18H,2,8,10,13H2,1H3/t18-/m0/s1. The summed E-state index contributed by atoms with van der Waals surface area (Å²) < 4.78 is 10.8. The van der Waals surface area contributed by atoms with E-state index in [1.54, 1.807) is 19.1 Å². The molecule has 0 aromatic heterocycles. The third-order valence-electron chi connectivity index (χ3n) is 4.18. The van der Waals surface area contributed by atoms with Crippen molar-refractivity contribution in [2.24, 2.45) is 5.92 Å². The van der Waals surface area contributed by atoms with E-state index in [4.69, 9.17) is 9.47 Å². The molecule has 0 radical (unpaired) electrons. The van der Waals surface area contributed by atoms with Gasteiger partial charge in [-0.3, -0.25) is 9.59 Å². The highest BCUT2D eigenvalue weighted by atomic mass is 16.5. The molecule has 0 spiro atoms. The maximum atomic E-state index is 12.5. The number of esters is 1. The summed E-state index contributed by atoms with van der Waals surface area (Å²) >= 11 is 0. The first kappa shape index (κ1) is 16.2. The lowest BCUT2D eigenvalue weighted by Crippen LogP contribution is -2.31. The van der Waals surface area contributed by atoms with Crippen molar-refractivity contribution in [3.8, 4) is 5.75 Å². The summed E-state index contributed by atoms with van der Waals surface area (Å²) in [5.74, 6) is -0.504. The van der Waals surface area contributed by atoms with Crippen LogP contribution in [0.1, 0.15) is 34.8 Å². The summed E-state index contributed by atoms with van der Waals surface area (Å²) in [6.07, 6.45) is 1.17. The van der Waals surface area contributed by atoms with Crippen LogP contribution in [0.3, 0.4) is 0 Å². The number of fused-ring (bicyclic) bond motifs is 1. The summed E-state index contributed by atoms with van der Waals surface area (Å²) in [6.45, 7) is 2.52. The summed E-state index contributed by atoms with van der Waals surface area (Å²) in [5, 5.41) is 0. The van der Waals surface area contributed by atoms with Crippen molar-refractivity contribution in [3.05, 3.63) is 65.2 Å². The third-order valence-corrected chi connectivity index (χ3v) is 4.18. The van der Waals surface area contributed by atoms with E-state index in [0.29, 0.717) is 31.6 Å². The SMILES string of the molecule is CCOC(=O)[C@H]1CCc2cc(OCc3ccccc3)ccc2C1=O. The van der Waals surface area contributed by atoms with E-state index in [1.807, 2.05) is 36.4 Å². The molecule has 124 valence electrons. The first-order chi connectivity index (χ1) is 11.7. The number of hydrogen-bond donors (Lipinski definition) is 0. The minimum absolute atomic E-state index is 0.149. The molecule has 1 atom stereocenters. The Morgan fingerprint density at radius 3 is 2.71 bits per heavy atom. The highest BCUT2D eigenvalue weighted by Gasteiger charge is 2.33. The van der Waals surface area contributed by atoms with Gasteiger partial charge in [-0.1, -0.05) is 30.3 Å². The molecule has 0 heterocycles. The number of aryl methyl sites for hydroxylation is 1. The molecule has 0 unspecified atom stereocenters. The molecule has 1 aliphatic carbocycles. The first-order valence-electron chi connectivity index (χ1n) is 8.19. The van der Waals surface area contributed by atoms with Gasteiger partial charge in [-0.2, -0.15) is 0 Å². The molecule has 24 heavy (non-hydrogen) atoms. The van der Waals surface area contributed by atoms with E-state index in [1.165, 1.54) is 0 Å². The van der Waals surface area contributed by atoms with Crippen molar-refractivity contribution in [1.29, 1.82) is 0 Å². The Labute approximate surface area is 141 Å². The average Bonchev–Trinajstić information content (AvgIpc) is 2.61. The first-order valence-corrected chi connectivity index (χ1v) is 8.19. The summed E-state index contributed by atoms with van der Waals surface area (Å²) in [6, 6.07) is 15.4. The molecule has 4 nitrogen and oxygen atoms in total. The van der Waals surface area contributed by atoms with Gasteiger partial charge in [0, 0.05) is 5.56 Å². The largest absolute Gasteiger partial charge is 0.489 e. The van der Waals surface area contributed by atoms with Crippen molar-refractivity contribution in [3.63, 3.8) is 0 Å². The Hall–Kier alpha value is -2.62. The lowest BCUT2D eigenvalue weighted by atomic mass is 9.82. The van der Waals surface area contributed by atoms with Gasteiger partial charge in [0.15, 0.2) is 5.78 Å². The van der Waals surface area contributed by atoms with Crippen LogP contribution in [0.25, 0.3) is 0 Å². The van der Waals surface area contributed by atoms with Crippen LogP contribution in [0, 0.1) is 5.92 Å². The molecule has 3 rings (SSSR count). The molecular weight excluding hydrogens is 304 g/mol. The predicted octanol–water partition coefficient (Wildman–Crippen LogP) is 3.57. The van der Waals surface area contributed by atoms with Crippen molar-refractivity contribution in [2.45, 2.75) is 26.4 Å². The van der Waals surface area contributed by atoms with Crippen molar-refractivity contribution in [1.82, 2.24) is 0 Å². The minimum atomic E-state index is -0.673. The van der Waals surface area contributed by atoms with E-state index in [0.717, 1.165) is 16.9 Å². The molecule has 0 fully saturated rings. The Kier molecular flexibility index (Phi) is 4.94. The highest BCUT2D eigenvalue weighted by Crippen LogP contribution is 2.29. The van der Waals surface area contributed by atoms with Gasteiger partial charge in [0.25, 0.3) is 0 Å². The van der Waals surface area contributed by atoms with Crippen molar-refractivity contribution < 1.29 is 19.1 Å². The monoisotopic (exact) mass is 324 g/mol. The van der Waals surface area contributed by atoms with Gasteiger partial charge in [-0.15, -0.1) is 0 Å². The average molecular weight is 324 g/mol. The summed E-state index contributed by atoms with van der Waals surface area (Å²) in [5.41, 5.74) is 2.63. The fraction of sp³-hybridized carbons (Fsp3) is 0.300. The lowest BCUT2D eigenvalue weighted by molar-refractivity contribution is -0.146. The predicted molar refractivity (Wildman–Crippen MR) is 90.0 cm³/mol. The maximum Gasteiger partial charge on any atom is 0.316 e. The number of ether oxygens (including phenoxy) is 2. The molecular formula is C20H20O4. The van der Waals surface area contributed by atoms with E-state index < -0.39 is 11.9 Å². The van der Waals surface area contributed by atoms with E-state index >= 15 is 0 Å². The molecule has 0 amide bonds. The zero-order valence-electron chi connectivity index (χ0n) is 13.7. The Morgan fingerprint density at radius 1 is 1.17 bits per heavy atom. The second-order valence-electron chi connectivity index (χ2n) is 5.80. The molecule has 0 N–H and O–H groups in total. The molecule has 0 bridgehead atoms. The third kappa shape index (κ3) is 3.48. The van der Waals surface area contributed by atoms with Gasteiger partial charge >= 0.3 is 5.97 Å². The van der Waals surface area contributed by atoms with Crippen molar-refractivity contribution in [2.75, 3.05) is 6.61 Å². The lowest BCUT2D eigenvalue weighted by Gasteiger charge is -2.22. The normalized spacial score (nSPS) is 16.4. The van der Waals surface area contributed by atoms with Gasteiger partial charge in [-0.25, -0.2) is 0 Å². The minimum Gasteiger partial charge on any atom is -0.489 e. The molecule has 0 saturated heterocycles. The number of ketones is 1. The molecule has 4 heteroatoms. The van der Waals surface area contributed by atoms with Crippen LogP contribution in [-0.2, 0) is 22.6 Å². The fourth-order valence-electron chi connectivity index (χ4n) is 2.93. The van der Waals surface area contributed by atoms with Crippen LogP contribution in [0.5, 0.6) is 5.75 Å². The number of rotatable bonds is 5. The van der Waals surface area contributed by atoms with E-state index in [-0.39, 0.29) is 5.78 Å². The maximum absolute atomic E-state index is 12.5. The summed E-state index contributed by atoms with van der Waals surface area (Å²) in [4.78, 5) is 24.4. The van der Waals surface area contributed by atoms with Crippen molar-refractivity contribution >= 4 is 11.8 Å². The number of benzene rings is 2. The topological polar surface area (TPSA) is 52.6 Å². The number of Topliss-reactive ketones (excluding diaryl/α,β-unsaturated/α-hetero) is 1. The van der Waals surface area contributed by atoms with Crippen LogP contribution in [0.2, 0.25) is 0 Å². The van der Waals surface area contributed by atoms with Crippen LogP contribution >= 0.6 is 0 Å². The Morgan fingerprint density at radius 2 is 1.96 bits per heavy atom. The Bertz CT molecular complexity index is 737. The van der Waals surface area contributed by atoms with Crippen LogP contribution in [-0.4, -0.2) is 18.4 Å². The molecule has 2 aromatic rings. The Balaban J connectivity index is 1.71. The second-order valence-corrected chi connectivity index (χ2v) is 5.80. The number of hydrogen-bond acceptors (Lipinski definition) is 4. The second kappa shape index (κ2) is 7.30. The van der Waals surface area contributed by atoms with Gasteiger partial charge < -0.3 is 9.47 Å². The van der Waals surface area contributed by atoms with Gasteiger partial charge in [0.1, 0.15) is 18.3 Å². The van der Waals surface area contributed by atoms with Crippen LogP contribution in [0.4, 0.5) is 0 Å². The highest BCUT2D eigenvalue weighted by molar-refractivity contribution is 6.10. The summed E-state index contributed by atoms with van der Waals surface area (Å²) in [7, 11) is 0. The number of carbonyl (C=O) groups excluding carboxylic acids is 2. The molecule has 0 aliphatic heterocycles. The van der Waals surface area contributed by atoms with E-state index in [2.05, 4.69) is 0 Å². The molecule has 1 aliphatic rings. The van der Waals surface area contributed by atoms with Gasteiger partial charge in [-0.05, 0) is 49.1 Å². The van der Waals surface area contributed by atoms with E-state index in [9.17, 15) is 9.59 Å². The quantitative estimate of drug-likeness (QED) is 0.623. The zero-order valence-corrected chi connectivity index (χ0v) is 13.7. The fourth-order valence-corrected chi connectivity index (χ4v) is 2.93. The zero-order chi connectivity index (χ0) is 16.9. The molecule has 2 aromatic carbocycles. The van der Waals surface area contributed by atoms with Crippen LogP contribution < -0.4 is 4.74 Å². The smallest absolute Gasteiger partial charge is 0.316 e. The molecule has 0 saturated carbocycles. The van der Waals surface area contributed by atoms with Gasteiger partial charge in [0.2, 0.25) is 0 Å². The van der Waals surface area contributed by atoms with Gasteiger partial charge in [0.05, 0.1) is 6.61 Å². The number of carbonyl (C=O) groups is 2.